The fourth-order valence-electron chi connectivity index (χ4n) is 2.70. The predicted molar refractivity (Wildman–Crippen MR) is 83.1 cm³/mol. The molecule has 3 rings (SSSR count). The average Bonchev–Trinajstić information content (AvgIpc) is 2.78. The van der Waals surface area contributed by atoms with Gasteiger partial charge in [-0.15, -0.1) is 0 Å². The second-order valence-electron chi connectivity index (χ2n) is 5.42. The Balaban J connectivity index is 1.92. The van der Waals surface area contributed by atoms with Crippen LogP contribution < -0.4 is 5.32 Å². The van der Waals surface area contributed by atoms with Crippen LogP contribution in [-0.2, 0) is 11.3 Å². The molecule has 1 N–H and O–H groups in total. The lowest BCUT2D eigenvalue weighted by atomic mass is 9.99. The second kappa shape index (κ2) is 6.00. The molecule has 0 saturated carbocycles. The van der Waals surface area contributed by atoms with E-state index in [0.717, 1.165) is 28.5 Å². The summed E-state index contributed by atoms with van der Waals surface area (Å²) in [6.07, 6.45) is 0.747. The van der Waals surface area contributed by atoms with Crippen molar-refractivity contribution in [3.63, 3.8) is 0 Å². The first-order valence-electron chi connectivity index (χ1n) is 7.13. The minimum absolute atomic E-state index is 0.00243. The van der Waals surface area contributed by atoms with E-state index >= 15 is 0 Å². The van der Waals surface area contributed by atoms with Crippen molar-refractivity contribution >= 4 is 22.6 Å². The fraction of sp³-hybridized carbons (Fsp3) is 0.400. The number of aryl methyl sites for hydroxylation is 1. The maximum atomic E-state index is 13.6. The van der Waals surface area contributed by atoms with Gasteiger partial charge in [0.1, 0.15) is 11.6 Å². The zero-order valence-electron chi connectivity index (χ0n) is 12.5. The van der Waals surface area contributed by atoms with Gasteiger partial charge in [0.2, 0.25) is 11.0 Å². The summed E-state index contributed by atoms with van der Waals surface area (Å²) < 4.78 is 17.7. The molecular formula is C15H17FN4OS. The van der Waals surface area contributed by atoms with Crippen LogP contribution in [0.5, 0.6) is 0 Å². The van der Waals surface area contributed by atoms with E-state index in [1.165, 1.54) is 23.7 Å². The van der Waals surface area contributed by atoms with Crippen LogP contribution in [-0.4, -0.2) is 26.7 Å². The highest BCUT2D eigenvalue weighted by Crippen LogP contribution is 2.30. The standard InChI is InChI=1S/C15H17FN4OS/c1-9-17-15(22-19-9)18-14-5-6-20(10(2)21)8-11-7-12(16)3-4-13(11)14/h3-4,7,14H,5-6,8H2,1-2H3,(H,17,18,19). The quantitative estimate of drug-likeness (QED) is 0.924. The SMILES string of the molecule is CC(=O)N1CCC(Nc2nc(C)ns2)c2ccc(F)cc2C1. The number of carbonyl (C=O) groups excluding carboxylic acids is 1. The molecule has 5 nitrogen and oxygen atoms in total. The number of hydrogen-bond acceptors (Lipinski definition) is 5. The number of aromatic nitrogens is 2. The molecule has 0 spiro atoms. The summed E-state index contributed by atoms with van der Waals surface area (Å²) in [6.45, 7) is 4.45. The summed E-state index contributed by atoms with van der Waals surface area (Å²) in [5.41, 5.74) is 1.85. The number of hydrogen-bond donors (Lipinski definition) is 1. The van der Waals surface area contributed by atoms with Crippen molar-refractivity contribution in [1.82, 2.24) is 14.3 Å². The van der Waals surface area contributed by atoms with Crippen LogP contribution in [0, 0.1) is 12.7 Å². The normalized spacial score (nSPS) is 17.8. The molecule has 7 heteroatoms. The van der Waals surface area contributed by atoms with E-state index < -0.39 is 0 Å². The Morgan fingerprint density at radius 2 is 2.32 bits per heavy atom. The lowest BCUT2D eigenvalue weighted by molar-refractivity contribution is -0.129. The number of carbonyl (C=O) groups is 1. The molecule has 1 aliphatic rings. The molecular weight excluding hydrogens is 303 g/mol. The number of nitrogens with zero attached hydrogens (tertiary/aromatic N) is 3. The summed E-state index contributed by atoms with van der Waals surface area (Å²) in [5.74, 6) is 0.447. The molecule has 1 aliphatic heterocycles. The first-order valence-corrected chi connectivity index (χ1v) is 7.91. The summed E-state index contributed by atoms with van der Waals surface area (Å²) in [7, 11) is 0. The molecule has 1 amide bonds. The Labute approximate surface area is 132 Å². The van der Waals surface area contributed by atoms with Crippen molar-refractivity contribution < 1.29 is 9.18 Å². The maximum Gasteiger partial charge on any atom is 0.219 e. The van der Waals surface area contributed by atoms with Crippen molar-refractivity contribution in [2.24, 2.45) is 0 Å². The topological polar surface area (TPSA) is 58.1 Å². The zero-order chi connectivity index (χ0) is 15.7. The third kappa shape index (κ3) is 3.09. The minimum atomic E-state index is -0.283. The lowest BCUT2D eigenvalue weighted by Crippen LogP contribution is -2.28. The van der Waals surface area contributed by atoms with Crippen LogP contribution in [0.2, 0.25) is 0 Å². The van der Waals surface area contributed by atoms with E-state index in [4.69, 9.17) is 0 Å². The highest BCUT2D eigenvalue weighted by Gasteiger charge is 2.24. The van der Waals surface area contributed by atoms with Crippen LogP contribution in [0.4, 0.5) is 9.52 Å². The van der Waals surface area contributed by atoms with Crippen LogP contribution in [0.3, 0.4) is 0 Å². The fourth-order valence-corrected chi connectivity index (χ4v) is 3.33. The number of benzene rings is 1. The van der Waals surface area contributed by atoms with Gasteiger partial charge in [-0.1, -0.05) is 6.07 Å². The number of nitrogens with one attached hydrogen (secondary N) is 1. The monoisotopic (exact) mass is 320 g/mol. The van der Waals surface area contributed by atoms with Gasteiger partial charge in [-0.2, -0.15) is 4.37 Å². The van der Waals surface area contributed by atoms with E-state index in [-0.39, 0.29) is 17.8 Å². The van der Waals surface area contributed by atoms with Gasteiger partial charge in [-0.25, -0.2) is 9.37 Å². The second-order valence-corrected chi connectivity index (χ2v) is 6.17. The van der Waals surface area contributed by atoms with Gasteiger partial charge in [-0.3, -0.25) is 4.79 Å². The number of halogens is 1. The molecule has 1 aromatic carbocycles. The molecule has 0 fully saturated rings. The van der Waals surface area contributed by atoms with Crippen LogP contribution in [0.25, 0.3) is 0 Å². The smallest absolute Gasteiger partial charge is 0.219 e. The van der Waals surface area contributed by atoms with E-state index in [1.54, 1.807) is 17.9 Å². The molecule has 2 heterocycles. The van der Waals surface area contributed by atoms with Gasteiger partial charge >= 0.3 is 0 Å². The number of rotatable bonds is 2. The van der Waals surface area contributed by atoms with E-state index in [1.807, 2.05) is 6.92 Å². The average molecular weight is 320 g/mol. The highest BCUT2D eigenvalue weighted by atomic mass is 32.1. The Hall–Kier alpha value is -2.02. The first-order chi connectivity index (χ1) is 10.5. The minimum Gasteiger partial charge on any atom is -0.353 e. The van der Waals surface area contributed by atoms with E-state index in [9.17, 15) is 9.18 Å². The van der Waals surface area contributed by atoms with Crippen LogP contribution in [0.1, 0.15) is 36.3 Å². The maximum absolute atomic E-state index is 13.6. The van der Waals surface area contributed by atoms with Crippen molar-refractivity contribution in [2.75, 3.05) is 11.9 Å². The lowest BCUT2D eigenvalue weighted by Gasteiger charge is -2.19. The van der Waals surface area contributed by atoms with Gasteiger partial charge in [0, 0.05) is 31.5 Å². The first kappa shape index (κ1) is 14.9. The van der Waals surface area contributed by atoms with Gasteiger partial charge in [0.15, 0.2) is 0 Å². The molecule has 22 heavy (non-hydrogen) atoms. The molecule has 1 unspecified atom stereocenters. The number of amides is 1. The molecule has 0 bridgehead atoms. The highest BCUT2D eigenvalue weighted by molar-refractivity contribution is 7.09. The Morgan fingerprint density at radius 1 is 1.50 bits per heavy atom. The third-order valence-corrected chi connectivity index (χ3v) is 4.54. The molecule has 116 valence electrons. The van der Waals surface area contributed by atoms with Gasteiger partial charge in [0.05, 0.1) is 6.04 Å². The van der Waals surface area contributed by atoms with Crippen molar-refractivity contribution in [1.29, 1.82) is 0 Å². The molecule has 0 saturated heterocycles. The summed E-state index contributed by atoms with van der Waals surface area (Å²) >= 11 is 1.31. The molecule has 0 aliphatic carbocycles. The summed E-state index contributed by atoms with van der Waals surface area (Å²) in [4.78, 5) is 17.8. The van der Waals surface area contributed by atoms with Gasteiger partial charge < -0.3 is 10.2 Å². The predicted octanol–water partition coefficient (Wildman–Crippen LogP) is 2.89. The van der Waals surface area contributed by atoms with Crippen LogP contribution >= 0.6 is 11.5 Å². The zero-order valence-corrected chi connectivity index (χ0v) is 13.3. The molecule has 2 aromatic rings. The molecule has 1 aromatic heterocycles. The third-order valence-electron chi connectivity index (χ3n) is 3.80. The van der Waals surface area contributed by atoms with Crippen LogP contribution in [0.15, 0.2) is 18.2 Å². The van der Waals surface area contributed by atoms with Crippen molar-refractivity contribution in [3.8, 4) is 0 Å². The number of anilines is 1. The molecule has 0 radical (unpaired) electrons. The van der Waals surface area contributed by atoms with Gasteiger partial charge in [0.25, 0.3) is 0 Å². The molecule has 1 atom stereocenters. The summed E-state index contributed by atoms with van der Waals surface area (Å²) in [6, 6.07) is 4.76. The Kier molecular flexibility index (Phi) is 4.06. The van der Waals surface area contributed by atoms with Crippen molar-refractivity contribution in [2.45, 2.75) is 32.9 Å². The van der Waals surface area contributed by atoms with E-state index in [2.05, 4.69) is 14.7 Å². The van der Waals surface area contributed by atoms with Gasteiger partial charge in [-0.05, 0) is 36.6 Å². The largest absolute Gasteiger partial charge is 0.353 e. The number of fused-ring (bicyclic) bond motifs is 1. The van der Waals surface area contributed by atoms with Crippen molar-refractivity contribution in [3.05, 3.63) is 41.0 Å². The summed E-state index contributed by atoms with van der Waals surface area (Å²) in [5, 5.41) is 4.11. The van der Waals surface area contributed by atoms with E-state index in [0.29, 0.717) is 13.1 Å². The Bertz CT molecular complexity index is 703. The Morgan fingerprint density at radius 3 is 3.00 bits per heavy atom.